The van der Waals surface area contributed by atoms with Gasteiger partial charge in [-0.05, 0) is 23.1 Å². The average molecular weight is 294 g/mol. The highest BCUT2D eigenvalue weighted by molar-refractivity contribution is 5.78. The molecule has 0 unspecified atom stereocenters. The van der Waals surface area contributed by atoms with Crippen molar-refractivity contribution in [2.24, 2.45) is 0 Å². The third-order valence-electron chi connectivity index (χ3n) is 4.49. The van der Waals surface area contributed by atoms with Gasteiger partial charge in [-0.2, -0.15) is 0 Å². The van der Waals surface area contributed by atoms with Crippen molar-refractivity contribution in [2.75, 3.05) is 13.1 Å². The summed E-state index contributed by atoms with van der Waals surface area (Å²) in [6.45, 7) is 5.86. The summed E-state index contributed by atoms with van der Waals surface area (Å²) in [6, 6.07) is 16.2. The van der Waals surface area contributed by atoms with Crippen LogP contribution in [0.5, 0.6) is 0 Å². The number of carbonyl (C=O) groups is 1. The third kappa shape index (κ3) is 3.03. The number of aromatic nitrogens is 1. The van der Waals surface area contributed by atoms with Crippen LogP contribution in [-0.4, -0.2) is 28.9 Å². The second-order valence-corrected chi connectivity index (χ2v) is 6.68. The molecule has 114 valence electrons. The Balaban J connectivity index is 1.58. The molecular weight excluding hydrogens is 272 g/mol. The summed E-state index contributed by atoms with van der Waals surface area (Å²) < 4.78 is 0. The second-order valence-electron chi connectivity index (χ2n) is 6.68. The fourth-order valence-electron chi connectivity index (χ4n) is 2.97. The van der Waals surface area contributed by atoms with Gasteiger partial charge in [-0.15, -0.1) is 0 Å². The van der Waals surface area contributed by atoms with Gasteiger partial charge in [-0.25, -0.2) is 0 Å². The number of rotatable bonds is 4. The number of carbonyl (C=O) groups excluding carboxylic acids is 1. The maximum Gasteiger partial charge on any atom is 0.223 e. The van der Waals surface area contributed by atoms with Crippen molar-refractivity contribution in [3.05, 3.63) is 66.0 Å². The largest absolute Gasteiger partial charge is 0.341 e. The minimum atomic E-state index is -0.131. The molecule has 0 saturated carbocycles. The van der Waals surface area contributed by atoms with Crippen molar-refractivity contribution < 1.29 is 4.79 Å². The van der Waals surface area contributed by atoms with Crippen molar-refractivity contribution >= 4 is 5.91 Å². The highest BCUT2D eigenvalue weighted by atomic mass is 16.2. The molecule has 2 aromatic rings. The molecule has 3 rings (SSSR count). The average Bonchev–Trinajstić information content (AvgIpc) is 2.47. The molecule has 3 nitrogen and oxygen atoms in total. The Labute approximate surface area is 132 Å². The van der Waals surface area contributed by atoms with Crippen molar-refractivity contribution in [1.82, 2.24) is 9.88 Å². The molecule has 1 aromatic heterocycles. The number of likely N-dealkylation sites (tertiary alicyclic amines) is 1. The van der Waals surface area contributed by atoms with E-state index in [1.807, 2.05) is 47.5 Å². The van der Waals surface area contributed by atoms with Crippen LogP contribution in [0, 0.1) is 0 Å². The van der Waals surface area contributed by atoms with E-state index < -0.39 is 0 Å². The molecule has 22 heavy (non-hydrogen) atoms. The molecule has 2 heterocycles. The summed E-state index contributed by atoms with van der Waals surface area (Å²) in [5, 5.41) is 0. The van der Waals surface area contributed by atoms with E-state index in [4.69, 9.17) is 0 Å². The predicted octanol–water partition coefficient (Wildman–Crippen LogP) is 3.38. The molecule has 1 aliphatic heterocycles. The lowest BCUT2D eigenvalue weighted by atomic mass is 9.80. The van der Waals surface area contributed by atoms with Gasteiger partial charge in [0.05, 0.1) is 0 Å². The lowest BCUT2D eigenvalue weighted by molar-refractivity contribution is -0.136. The van der Waals surface area contributed by atoms with Crippen LogP contribution in [0.15, 0.2) is 54.7 Å². The van der Waals surface area contributed by atoms with Crippen LogP contribution in [0.1, 0.15) is 37.4 Å². The van der Waals surface area contributed by atoms with Gasteiger partial charge >= 0.3 is 0 Å². The lowest BCUT2D eigenvalue weighted by Gasteiger charge is -2.40. The van der Waals surface area contributed by atoms with E-state index in [1.54, 1.807) is 0 Å². The third-order valence-corrected chi connectivity index (χ3v) is 4.49. The molecule has 1 aromatic carbocycles. The Bertz CT molecular complexity index is 631. The van der Waals surface area contributed by atoms with Gasteiger partial charge in [0.1, 0.15) is 0 Å². The Morgan fingerprint density at radius 2 is 1.82 bits per heavy atom. The van der Waals surface area contributed by atoms with E-state index in [1.165, 1.54) is 5.56 Å². The van der Waals surface area contributed by atoms with E-state index in [2.05, 4.69) is 31.0 Å². The smallest absolute Gasteiger partial charge is 0.223 e. The maximum atomic E-state index is 12.5. The molecule has 0 spiro atoms. The van der Waals surface area contributed by atoms with Crippen LogP contribution in [-0.2, 0) is 10.2 Å². The van der Waals surface area contributed by atoms with Gasteiger partial charge in [0.2, 0.25) is 5.91 Å². The molecule has 1 fully saturated rings. The normalized spacial score (nSPS) is 15.5. The molecule has 1 amide bonds. The summed E-state index contributed by atoms with van der Waals surface area (Å²) in [6.07, 6.45) is 2.37. The summed E-state index contributed by atoms with van der Waals surface area (Å²) in [5.41, 5.74) is 2.17. The molecule has 0 radical (unpaired) electrons. The number of hydrogen-bond acceptors (Lipinski definition) is 2. The second kappa shape index (κ2) is 5.91. The molecule has 1 aliphatic rings. The van der Waals surface area contributed by atoms with Crippen LogP contribution < -0.4 is 0 Å². The van der Waals surface area contributed by atoms with Crippen molar-refractivity contribution in [3.8, 4) is 0 Å². The van der Waals surface area contributed by atoms with Crippen LogP contribution in [0.3, 0.4) is 0 Å². The predicted molar refractivity (Wildman–Crippen MR) is 87.6 cm³/mol. The first-order chi connectivity index (χ1) is 10.6. The standard InChI is InChI=1S/C19H22N2O/c1-19(2,16-8-4-3-5-9-16)12-18(22)21-13-15(14-21)17-10-6-7-11-20-17/h3-11,15H,12-14H2,1-2H3. The topological polar surface area (TPSA) is 33.2 Å². The molecule has 0 atom stereocenters. The first-order valence-electron chi connectivity index (χ1n) is 7.80. The zero-order chi connectivity index (χ0) is 15.6. The highest BCUT2D eigenvalue weighted by Gasteiger charge is 2.35. The summed E-state index contributed by atoms with van der Waals surface area (Å²) >= 11 is 0. The number of amides is 1. The number of nitrogens with zero attached hydrogens (tertiary/aromatic N) is 2. The summed E-state index contributed by atoms with van der Waals surface area (Å²) in [7, 11) is 0. The Morgan fingerprint density at radius 3 is 2.45 bits per heavy atom. The van der Waals surface area contributed by atoms with E-state index in [9.17, 15) is 4.79 Å². The highest BCUT2D eigenvalue weighted by Crippen LogP contribution is 2.31. The van der Waals surface area contributed by atoms with Crippen molar-refractivity contribution in [3.63, 3.8) is 0 Å². The fraction of sp³-hybridized carbons (Fsp3) is 0.368. The van der Waals surface area contributed by atoms with Crippen molar-refractivity contribution in [1.29, 1.82) is 0 Å². The molecular formula is C19H22N2O. The van der Waals surface area contributed by atoms with Gasteiger partial charge in [0.25, 0.3) is 0 Å². The van der Waals surface area contributed by atoms with Crippen LogP contribution >= 0.6 is 0 Å². The Morgan fingerprint density at radius 1 is 1.14 bits per heavy atom. The van der Waals surface area contributed by atoms with E-state index in [0.29, 0.717) is 12.3 Å². The van der Waals surface area contributed by atoms with Gasteiger partial charge < -0.3 is 4.90 Å². The van der Waals surface area contributed by atoms with E-state index in [-0.39, 0.29) is 11.3 Å². The summed E-state index contributed by atoms with van der Waals surface area (Å²) in [4.78, 5) is 18.8. The van der Waals surface area contributed by atoms with Gasteiger partial charge in [-0.1, -0.05) is 50.2 Å². The van der Waals surface area contributed by atoms with Crippen LogP contribution in [0.4, 0.5) is 0 Å². The van der Waals surface area contributed by atoms with Crippen LogP contribution in [0.25, 0.3) is 0 Å². The minimum Gasteiger partial charge on any atom is -0.341 e. The van der Waals surface area contributed by atoms with E-state index >= 15 is 0 Å². The maximum absolute atomic E-state index is 12.5. The Kier molecular flexibility index (Phi) is 3.97. The molecule has 0 bridgehead atoms. The fourth-order valence-corrected chi connectivity index (χ4v) is 2.97. The molecule has 0 aliphatic carbocycles. The molecule has 0 N–H and O–H groups in total. The van der Waals surface area contributed by atoms with E-state index in [0.717, 1.165) is 18.8 Å². The van der Waals surface area contributed by atoms with Gasteiger partial charge in [-0.3, -0.25) is 9.78 Å². The Hall–Kier alpha value is -2.16. The van der Waals surface area contributed by atoms with Gasteiger partial charge in [0, 0.05) is 37.3 Å². The first kappa shape index (κ1) is 14.8. The first-order valence-corrected chi connectivity index (χ1v) is 7.80. The minimum absolute atomic E-state index is 0.131. The lowest BCUT2D eigenvalue weighted by Crippen LogP contribution is -2.50. The monoisotopic (exact) mass is 294 g/mol. The molecule has 1 saturated heterocycles. The summed E-state index contributed by atoms with van der Waals surface area (Å²) in [5.74, 6) is 0.631. The zero-order valence-electron chi connectivity index (χ0n) is 13.2. The number of pyridine rings is 1. The zero-order valence-corrected chi connectivity index (χ0v) is 13.2. The number of benzene rings is 1. The SMILES string of the molecule is CC(C)(CC(=O)N1CC(c2ccccn2)C1)c1ccccc1. The van der Waals surface area contributed by atoms with Gasteiger partial charge in [0.15, 0.2) is 0 Å². The molecule has 3 heteroatoms. The van der Waals surface area contributed by atoms with Crippen LogP contribution in [0.2, 0.25) is 0 Å². The van der Waals surface area contributed by atoms with Crippen molar-refractivity contribution in [2.45, 2.75) is 31.6 Å². The number of hydrogen-bond donors (Lipinski definition) is 0. The quantitative estimate of drug-likeness (QED) is 0.866.